The van der Waals surface area contributed by atoms with Gasteiger partial charge in [0.1, 0.15) is 24.3 Å². The van der Waals surface area contributed by atoms with E-state index in [2.05, 4.69) is 20.0 Å². The molecule has 0 spiro atoms. The molecule has 4 N–H and O–H groups in total. The number of aromatic nitrogens is 2. The molecule has 2 aromatic rings. The third-order valence-electron chi connectivity index (χ3n) is 4.37. The van der Waals surface area contributed by atoms with Gasteiger partial charge in [-0.25, -0.2) is 23.1 Å². The fraction of sp³-hybridized carbons (Fsp3) is 0.368. The second-order valence-corrected chi connectivity index (χ2v) is 6.35. The molecule has 0 aliphatic carbocycles. The number of benzene rings is 1. The number of anilines is 1. The highest BCUT2D eigenvalue weighted by Crippen LogP contribution is 2.29. The zero-order chi connectivity index (χ0) is 23.0. The fourth-order valence-corrected chi connectivity index (χ4v) is 2.93. The van der Waals surface area contributed by atoms with Crippen LogP contribution < -0.4 is 15.8 Å². The largest absolute Gasteiger partial charge is 0.457 e. The molecule has 1 aromatic heterocycles. The number of amides is 1. The van der Waals surface area contributed by atoms with E-state index in [9.17, 15) is 18.0 Å². The molecule has 1 aromatic carbocycles. The molecule has 0 saturated carbocycles. The molecule has 0 saturated heterocycles. The number of nitrogens with zero attached hydrogens (tertiary/aromatic N) is 2. The Morgan fingerprint density at radius 1 is 1.29 bits per heavy atom. The number of nitrogens with two attached hydrogens (primary N) is 1. The summed E-state index contributed by atoms with van der Waals surface area (Å²) in [5, 5.41) is 9.73. The first-order valence-corrected chi connectivity index (χ1v) is 9.01. The standard InChI is InChI=1S/C19H22F3N5O4/c1-10(17(29-2)15(6-20)31-19(23)24)12-5-11(3-4-13(12)22)27-18(28)14-7-26-16(8-25-14)30-9-21/h3-5,7-8,10,15,17H,6,9H2,1-2H3,(H3,23,24)(H,27,28)/t10-,15+,17+/m0/s1. The summed E-state index contributed by atoms with van der Waals surface area (Å²) >= 11 is 0. The zero-order valence-electron chi connectivity index (χ0n) is 16.8. The third-order valence-corrected chi connectivity index (χ3v) is 4.37. The topological polar surface area (TPSA) is 132 Å². The van der Waals surface area contributed by atoms with Gasteiger partial charge in [0.15, 0.2) is 6.10 Å². The Kier molecular flexibility index (Phi) is 8.55. The Labute approximate surface area is 176 Å². The highest BCUT2D eigenvalue weighted by Gasteiger charge is 2.32. The average Bonchev–Trinajstić information content (AvgIpc) is 2.75. The molecule has 0 unspecified atom stereocenters. The molecule has 0 bridgehead atoms. The molecule has 0 aliphatic rings. The molecule has 2 rings (SSSR count). The SMILES string of the molecule is CO[C@@H]([C@@H](CF)OC(=N)N)[C@@H](C)c1cc(NC(=O)c2cnc(OCF)cn2)ccc1F. The smallest absolute Gasteiger partial charge is 0.279 e. The second-order valence-electron chi connectivity index (χ2n) is 6.35. The van der Waals surface area contributed by atoms with Gasteiger partial charge in [0.2, 0.25) is 12.7 Å². The van der Waals surface area contributed by atoms with E-state index >= 15 is 0 Å². The molecule has 31 heavy (non-hydrogen) atoms. The predicted molar refractivity (Wildman–Crippen MR) is 105 cm³/mol. The zero-order valence-corrected chi connectivity index (χ0v) is 16.8. The maximum atomic E-state index is 14.5. The monoisotopic (exact) mass is 441 g/mol. The van der Waals surface area contributed by atoms with Crippen LogP contribution in [0, 0.1) is 11.2 Å². The van der Waals surface area contributed by atoms with E-state index in [0.717, 1.165) is 18.5 Å². The van der Waals surface area contributed by atoms with Crippen molar-refractivity contribution in [1.82, 2.24) is 9.97 Å². The van der Waals surface area contributed by atoms with Crippen LogP contribution in [0.2, 0.25) is 0 Å². The second kappa shape index (κ2) is 11.1. The van der Waals surface area contributed by atoms with Crippen molar-refractivity contribution in [2.24, 2.45) is 5.73 Å². The van der Waals surface area contributed by atoms with Crippen molar-refractivity contribution in [2.45, 2.75) is 25.0 Å². The molecule has 12 heteroatoms. The van der Waals surface area contributed by atoms with Crippen molar-refractivity contribution >= 4 is 17.6 Å². The normalized spacial score (nSPS) is 13.7. The van der Waals surface area contributed by atoms with Crippen molar-refractivity contribution in [3.63, 3.8) is 0 Å². The van der Waals surface area contributed by atoms with Crippen LogP contribution in [0.25, 0.3) is 0 Å². The molecule has 0 radical (unpaired) electrons. The van der Waals surface area contributed by atoms with E-state index < -0.39 is 49.4 Å². The minimum atomic E-state index is -1.23. The lowest BCUT2D eigenvalue weighted by molar-refractivity contribution is -0.0287. The van der Waals surface area contributed by atoms with Gasteiger partial charge in [-0.3, -0.25) is 10.2 Å². The van der Waals surface area contributed by atoms with Crippen molar-refractivity contribution in [1.29, 1.82) is 5.41 Å². The van der Waals surface area contributed by atoms with Crippen LogP contribution in [0.4, 0.5) is 18.9 Å². The summed E-state index contributed by atoms with van der Waals surface area (Å²) in [7, 11) is 1.30. The first kappa shape index (κ1) is 23.9. The maximum Gasteiger partial charge on any atom is 0.279 e. The van der Waals surface area contributed by atoms with Gasteiger partial charge in [-0.1, -0.05) is 6.92 Å². The number of hydrogen-bond acceptors (Lipinski definition) is 7. The average molecular weight is 441 g/mol. The van der Waals surface area contributed by atoms with Gasteiger partial charge in [-0.15, -0.1) is 0 Å². The van der Waals surface area contributed by atoms with E-state index in [-0.39, 0.29) is 22.8 Å². The van der Waals surface area contributed by atoms with Gasteiger partial charge in [-0.2, -0.15) is 0 Å². The molecule has 1 amide bonds. The maximum absolute atomic E-state index is 14.5. The molecule has 168 valence electrons. The third kappa shape index (κ3) is 6.28. The van der Waals surface area contributed by atoms with E-state index in [1.54, 1.807) is 6.92 Å². The minimum Gasteiger partial charge on any atom is -0.457 e. The molecular formula is C19H22F3N5O4. The number of carbonyl (C=O) groups is 1. The summed E-state index contributed by atoms with van der Waals surface area (Å²) in [5.74, 6) is -2.06. The van der Waals surface area contributed by atoms with Crippen molar-refractivity contribution in [3.8, 4) is 5.88 Å². The van der Waals surface area contributed by atoms with Gasteiger partial charge >= 0.3 is 0 Å². The quantitative estimate of drug-likeness (QED) is 0.381. The van der Waals surface area contributed by atoms with Crippen molar-refractivity contribution in [3.05, 3.63) is 47.7 Å². The molecular weight excluding hydrogens is 419 g/mol. The van der Waals surface area contributed by atoms with Gasteiger partial charge in [0.05, 0.1) is 12.4 Å². The van der Waals surface area contributed by atoms with Gasteiger partial charge in [-0.05, 0) is 23.8 Å². The summed E-state index contributed by atoms with van der Waals surface area (Å²) in [6.45, 7) is -0.513. The lowest BCUT2D eigenvalue weighted by atomic mass is 9.91. The van der Waals surface area contributed by atoms with Crippen LogP contribution in [-0.2, 0) is 9.47 Å². The van der Waals surface area contributed by atoms with Gasteiger partial charge < -0.3 is 25.3 Å². The Morgan fingerprint density at radius 2 is 2.03 bits per heavy atom. The highest BCUT2D eigenvalue weighted by atomic mass is 19.1. The van der Waals surface area contributed by atoms with Gasteiger partial charge in [0, 0.05) is 18.7 Å². The number of ether oxygens (including phenoxy) is 3. The number of hydrogen-bond donors (Lipinski definition) is 3. The highest BCUT2D eigenvalue weighted by molar-refractivity contribution is 6.02. The fourth-order valence-electron chi connectivity index (χ4n) is 2.93. The summed E-state index contributed by atoms with van der Waals surface area (Å²) < 4.78 is 54.7. The number of rotatable bonds is 10. The van der Waals surface area contributed by atoms with Crippen LogP contribution in [-0.4, -0.2) is 54.7 Å². The molecule has 3 atom stereocenters. The van der Waals surface area contributed by atoms with Crippen LogP contribution in [0.15, 0.2) is 30.6 Å². The van der Waals surface area contributed by atoms with E-state index in [1.807, 2.05) is 0 Å². The Bertz CT molecular complexity index is 901. The summed E-state index contributed by atoms with van der Waals surface area (Å²) in [5.41, 5.74) is 5.45. The van der Waals surface area contributed by atoms with Crippen molar-refractivity contribution in [2.75, 3.05) is 26.0 Å². The van der Waals surface area contributed by atoms with Crippen LogP contribution in [0.1, 0.15) is 28.9 Å². The summed E-state index contributed by atoms with van der Waals surface area (Å²) in [6, 6.07) is 3.13. The number of amidine groups is 1. The molecule has 9 nitrogen and oxygen atoms in total. The summed E-state index contributed by atoms with van der Waals surface area (Å²) in [4.78, 5) is 19.9. The first-order valence-electron chi connectivity index (χ1n) is 9.01. The lowest BCUT2D eigenvalue weighted by Gasteiger charge is -2.29. The van der Waals surface area contributed by atoms with Gasteiger partial charge in [0.25, 0.3) is 11.9 Å². The Balaban J connectivity index is 2.21. The van der Waals surface area contributed by atoms with Crippen LogP contribution in [0.3, 0.4) is 0 Å². The molecule has 0 fully saturated rings. The first-order chi connectivity index (χ1) is 14.8. The number of methoxy groups -OCH3 is 1. The number of halogens is 3. The van der Waals surface area contributed by atoms with Crippen molar-refractivity contribution < 1.29 is 32.2 Å². The Hall–Kier alpha value is -3.41. The molecule has 1 heterocycles. The number of nitrogens with one attached hydrogen (secondary N) is 2. The predicted octanol–water partition coefficient (Wildman–Crippen LogP) is 2.54. The van der Waals surface area contributed by atoms with Crippen LogP contribution in [0.5, 0.6) is 5.88 Å². The Morgan fingerprint density at radius 3 is 2.58 bits per heavy atom. The van der Waals surface area contributed by atoms with Crippen LogP contribution >= 0.6 is 0 Å². The summed E-state index contributed by atoms with van der Waals surface area (Å²) in [6.07, 6.45) is -0.0138. The number of carbonyl (C=O) groups excluding carboxylic acids is 1. The lowest BCUT2D eigenvalue weighted by Crippen LogP contribution is -2.40. The molecule has 0 aliphatic heterocycles. The number of alkyl halides is 2. The van der Waals surface area contributed by atoms with E-state index in [4.69, 9.17) is 20.6 Å². The van der Waals surface area contributed by atoms with E-state index in [0.29, 0.717) is 0 Å². The van der Waals surface area contributed by atoms with E-state index in [1.165, 1.54) is 19.2 Å². The minimum absolute atomic E-state index is 0.0766.